The zero-order chi connectivity index (χ0) is 10.7. The van der Waals surface area contributed by atoms with Crippen LogP contribution in [0.5, 0.6) is 0 Å². The van der Waals surface area contributed by atoms with Gasteiger partial charge in [0.25, 0.3) is 0 Å². The van der Waals surface area contributed by atoms with E-state index in [0.717, 1.165) is 5.56 Å². The molecule has 0 unspecified atom stereocenters. The molecule has 0 bridgehead atoms. The molecule has 2 rings (SSSR count). The molecule has 0 spiro atoms. The first-order valence-corrected chi connectivity index (χ1v) is 6.18. The molecule has 1 heterocycles. The molecule has 0 atom stereocenters. The Morgan fingerprint density at radius 3 is 2.73 bits per heavy atom. The van der Waals surface area contributed by atoms with Gasteiger partial charge in [0.1, 0.15) is 0 Å². The molecule has 0 aliphatic heterocycles. The van der Waals surface area contributed by atoms with Gasteiger partial charge in [0.2, 0.25) is 0 Å². The van der Waals surface area contributed by atoms with Crippen molar-refractivity contribution in [1.29, 1.82) is 10.5 Å². The minimum atomic E-state index is 0.158. The zero-order valence-electron chi connectivity index (χ0n) is 7.77. The van der Waals surface area contributed by atoms with E-state index >= 15 is 0 Å². The molecule has 0 N–H and O–H groups in total. The molecule has 0 saturated heterocycles. The monoisotopic (exact) mass is 258 g/mol. The van der Waals surface area contributed by atoms with Crippen molar-refractivity contribution in [3.8, 4) is 12.1 Å². The summed E-state index contributed by atoms with van der Waals surface area (Å²) in [5, 5.41) is 18.6. The van der Waals surface area contributed by atoms with Crippen molar-refractivity contribution in [2.45, 2.75) is 0 Å². The third-order valence-corrected chi connectivity index (χ3v) is 4.10. The van der Waals surface area contributed by atoms with Gasteiger partial charge in [0.15, 0.2) is 0 Å². The van der Waals surface area contributed by atoms with Crippen molar-refractivity contribution in [2.75, 3.05) is 0 Å². The first-order valence-electron chi connectivity index (χ1n) is 4.33. The average molecular weight is 257 g/mol. The van der Waals surface area contributed by atoms with Gasteiger partial charge in [-0.05, 0) is 0 Å². The Morgan fingerprint density at radius 1 is 1.20 bits per heavy atom. The Bertz CT molecular complexity index is 592. The number of nitrogens with zero attached hydrogens (tertiary/aromatic N) is 2. The fourth-order valence-electron chi connectivity index (χ4n) is 1.37. The standard InChI is InChI=1S/C12H6N2Se/c13-7-9(8-14)6-11-3-1-2-10-4-5-15-12(10)11/h1-6H. The molecule has 70 valence electrons. The normalized spacial score (nSPS) is 9.20. The number of benzene rings is 1. The van der Waals surface area contributed by atoms with Crippen molar-refractivity contribution < 1.29 is 0 Å². The summed E-state index contributed by atoms with van der Waals surface area (Å²) >= 11 is 0.332. The summed E-state index contributed by atoms with van der Waals surface area (Å²) in [4.78, 5) is 2.15. The first-order chi connectivity index (χ1) is 7.35. The molecular weight excluding hydrogens is 251 g/mol. The Hall–Kier alpha value is -1.80. The van der Waals surface area contributed by atoms with Crippen LogP contribution in [0.25, 0.3) is 15.7 Å². The van der Waals surface area contributed by atoms with Crippen LogP contribution in [0, 0.1) is 22.7 Å². The van der Waals surface area contributed by atoms with Crippen LogP contribution in [0.1, 0.15) is 5.56 Å². The van der Waals surface area contributed by atoms with Crippen LogP contribution < -0.4 is 0 Å². The zero-order valence-corrected chi connectivity index (χ0v) is 9.48. The molecule has 2 aromatic rings. The van der Waals surface area contributed by atoms with E-state index in [4.69, 9.17) is 10.5 Å². The van der Waals surface area contributed by atoms with Gasteiger partial charge < -0.3 is 0 Å². The van der Waals surface area contributed by atoms with E-state index in [9.17, 15) is 0 Å². The van der Waals surface area contributed by atoms with Crippen molar-refractivity contribution in [2.24, 2.45) is 0 Å². The molecule has 3 heteroatoms. The van der Waals surface area contributed by atoms with Gasteiger partial charge in [-0.3, -0.25) is 0 Å². The summed E-state index contributed by atoms with van der Waals surface area (Å²) in [7, 11) is 0. The molecule has 2 nitrogen and oxygen atoms in total. The van der Waals surface area contributed by atoms with Gasteiger partial charge in [-0.25, -0.2) is 0 Å². The third kappa shape index (κ3) is 1.85. The number of allylic oxidation sites excluding steroid dienone is 1. The molecule has 0 amide bonds. The molecule has 0 aliphatic rings. The van der Waals surface area contributed by atoms with E-state index in [2.05, 4.69) is 17.1 Å². The van der Waals surface area contributed by atoms with Crippen LogP contribution in [0.3, 0.4) is 0 Å². The fourth-order valence-corrected chi connectivity index (χ4v) is 3.23. The van der Waals surface area contributed by atoms with Crippen LogP contribution in [0.2, 0.25) is 0 Å². The Balaban J connectivity index is 2.64. The van der Waals surface area contributed by atoms with Gasteiger partial charge in [-0.2, -0.15) is 0 Å². The Morgan fingerprint density at radius 2 is 2.00 bits per heavy atom. The second kappa shape index (κ2) is 4.15. The first kappa shape index (κ1) is 9.74. The van der Waals surface area contributed by atoms with E-state index in [1.165, 1.54) is 9.65 Å². The number of nitriles is 2. The van der Waals surface area contributed by atoms with Gasteiger partial charge in [0, 0.05) is 0 Å². The molecule has 15 heavy (non-hydrogen) atoms. The molecule has 1 aromatic heterocycles. The molecule has 0 saturated carbocycles. The quantitative estimate of drug-likeness (QED) is 0.581. The van der Waals surface area contributed by atoms with Crippen molar-refractivity contribution in [3.05, 3.63) is 40.3 Å². The topological polar surface area (TPSA) is 47.6 Å². The predicted octanol–water partition coefficient (Wildman–Crippen LogP) is 2.33. The van der Waals surface area contributed by atoms with Crippen molar-refractivity contribution in [1.82, 2.24) is 0 Å². The molecule has 0 aliphatic carbocycles. The second-order valence-corrected chi connectivity index (χ2v) is 4.89. The molecular formula is C12H6N2Se. The van der Waals surface area contributed by atoms with E-state index in [1.54, 1.807) is 6.08 Å². The van der Waals surface area contributed by atoms with E-state index in [-0.39, 0.29) is 5.57 Å². The van der Waals surface area contributed by atoms with Crippen molar-refractivity contribution in [3.63, 3.8) is 0 Å². The number of fused-ring (bicyclic) bond motifs is 1. The number of hydrogen-bond acceptors (Lipinski definition) is 2. The Labute approximate surface area is 93.4 Å². The number of rotatable bonds is 1. The average Bonchev–Trinajstić information content (AvgIpc) is 2.74. The Kier molecular flexibility index (Phi) is 2.70. The maximum atomic E-state index is 8.68. The van der Waals surface area contributed by atoms with E-state index in [1.807, 2.05) is 24.3 Å². The van der Waals surface area contributed by atoms with Crippen molar-refractivity contribution >= 4 is 30.2 Å². The van der Waals surface area contributed by atoms with Gasteiger partial charge in [-0.15, -0.1) is 0 Å². The maximum absolute atomic E-state index is 8.68. The predicted molar refractivity (Wildman–Crippen MR) is 60.1 cm³/mol. The summed E-state index contributed by atoms with van der Waals surface area (Å²) in [6.45, 7) is 0. The number of hydrogen-bond donors (Lipinski definition) is 0. The van der Waals surface area contributed by atoms with Gasteiger partial charge >= 0.3 is 93.2 Å². The summed E-state index contributed by atoms with van der Waals surface area (Å²) in [5.41, 5.74) is 1.15. The SMILES string of the molecule is N#CC(C#N)=Cc1cccc2cc[se]c12. The fraction of sp³-hybridized carbons (Fsp3) is 0. The second-order valence-electron chi connectivity index (χ2n) is 2.97. The van der Waals surface area contributed by atoms with Gasteiger partial charge in [0.05, 0.1) is 0 Å². The van der Waals surface area contributed by atoms with Crippen LogP contribution in [0.4, 0.5) is 0 Å². The minimum absolute atomic E-state index is 0.158. The molecule has 0 radical (unpaired) electrons. The van der Waals surface area contributed by atoms with Crippen LogP contribution in [0.15, 0.2) is 34.8 Å². The molecule has 0 fully saturated rings. The van der Waals surface area contributed by atoms with E-state index in [0.29, 0.717) is 14.5 Å². The van der Waals surface area contributed by atoms with Crippen LogP contribution in [-0.4, -0.2) is 14.5 Å². The van der Waals surface area contributed by atoms with Crippen LogP contribution in [-0.2, 0) is 0 Å². The third-order valence-electron chi connectivity index (χ3n) is 2.05. The summed E-state index contributed by atoms with van der Waals surface area (Å²) < 4.78 is 1.26. The van der Waals surface area contributed by atoms with Crippen LogP contribution >= 0.6 is 0 Å². The summed E-state index contributed by atoms with van der Waals surface area (Å²) in [6.07, 6.45) is 1.66. The molecule has 1 aromatic carbocycles. The summed E-state index contributed by atoms with van der Waals surface area (Å²) in [6, 6.07) is 11.8. The van der Waals surface area contributed by atoms with Gasteiger partial charge in [-0.1, -0.05) is 0 Å². The van der Waals surface area contributed by atoms with E-state index < -0.39 is 0 Å². The summed E-state index contributed by atoms with van der Waals surface area (Å²) in [5.74, 6) is 0.